The van der Waals surface area contributed by atoms with Gasteiger partial charge in [0, 0.05) is 12.0 Å². The van der Waals surface area contributed by atoms with Crippen LogP contribution in [0.2, 0.25) is 0 Å². The van der Waals surface area contributed by atoms with E-state index >= 15 is 0 Å². The number of carbonyl (C=O) groups excluding carboxylic acids is 1. The molecular formula is C13H21NO3. The van der Waals surface area contributed by atoms with E-state index in [1.54, 1.807) is 0 Å². The molecule has 17 heavy (non-hydrogen) atoms. The Morgan fingerprint density at radius 2 is 1.82 bits per heavy atom. The second kappa shape index (κ2) is 5.07. The molecule has 1 amide bonds. The molecule has 4 unspecified atom stereocenters. The van der Waals surface area contributed by atoms with Crippen molar-refractivity contribution < 1.29 is 14.7 Å². The van der Waals surface area contributed by atoms with E-state index < -0.39 is 5.97 Å². The molecule has 4 atom stereocenters. The van der Waals surface area contributed by atoms with Crippen molar-refractivity contribution in [2.24, 2.45) is 17.8 Å². The molecule has 4 nitrogen and oxygen atoms in total. The van der Waals surface area contributed by atoms with Crippen LogP contribution in [-0.4, -0.2) is 23.0 Å². The second-order valence-electron chi connectivity index (χ2n) is 5.57. The first-order chi connectivity index (χ1) is 8.08. The summed E-state index contributed by atoms with van der Waals surface area (Å²) in [4.78, 5) is 22.8. The SMILES string of the molecule is CC1CCCC1NC(=O)C1CCC(C(=O)O)C1. The van der Waals surface area contributed by atoms with Gasteiger partial charge in [0.05, 0.1) is 5.92 Å². The molecule has 2 aliphatic carbocycles. The van der Waals surface area contributed by atoms with Gasteiger partial charge < -0.3 is 10.4 Å². The molecule has 0 saturated heterocycles. The second-order valence-corrected chi connectivity index (χ2v) is 5.57. The van der Waals surface area contributed by atoms with E-state index in [9.17, 15) is 9.59 Å². The third-order valence-corrected chi connectivity index (χ3v) is 4.34. The average Bonchev–Trinajstić information content (AvgIpc) is 2.88. The van der Waals surface area contributed by atoms with Gasteiger partial charge in [0.2, 0.25) is 5.91 Å². The van der Waals surface area contributed by atoms with Crippen LogP contribution in [0.25, 0.3) is 0 Å². The third-order valence-electron chi connectivity index (χ3n) is 4.34. The molecule has 0 aliphatic heterocycles. The lowest BCUT2D eigenvalue weighted by Gasteiger charge is -2.19. The van der Waals surface area contributed by atoms with Crippen LogP contribution in [0.1, 0.15) is 45.4 Å². The highest BCUT2D eigenvalue weighted by Crippen LogP contribution is 2.32. The fourth-order valence-corrected chi connectivity index (χ4v) is 3.10. The van der Waals surface area contributed by atoms with Gasteiger partial charge in [0.15, 0.2) is 0 Å². The zero-order valence-corrected chi connectivity index (χ0v) is 10.3. The van der Waals surface area contributed by atoms with Gasteiger partial charge in [-0.3, -0.25) is 9.59 Å². The number of nitrogens with one attached hydrogen (secondary N) is 1. The molecule has 0 aromatic carbocycles. The van der Waals surface area contributed by atoms with E-state index in [-0.39, 0.29) is 17.7 Å². The number of rotatable bonds is 3. The molecule has 0 heterocycles. The molecule has 0 aromatic heterocycles. The van der Waals surface area contributed by atoms with Gasteiger partial charge in [-0.1, -0.05) is 13.3 Å². The van der Waals surface area contributed by atoms with Crippen molar-refractivity contribution in [3.8, 4) is 0 Å². The lowest BCUT2D eigenvalue weighted by molar-refractivity contribution is -0.141. The fraction of sp³-hybridized carbons (Fsp3) is 0.846. The van der Waals surface area contributed by atoms with E-state index in [4.69, 9.17) is 5.11 Å². The van der Waals surface area contributed by atoms with Gasteiger partial charge in [0.25, 0.3) is 0 Å². The van der Waals surface area contributed by atoms with Crippen molar-refractivity contribution in [3.63, 3.8) is 0 Å². The summed E-state index contributed by atoms with van der Waals surface area (Å²) in [5, 5.41) is 12.0. The Morgan fingerprint density at radius 3 is 2.35 bits per heavy atom. The monoisotopic (exact) mass is 239 g/mol. The standard InChI is InChI=1S/C13H21NO3/c1-8-3-2-4-11(8)14-12(15)9-5-6-10(7-9)13(16)17/h8-11H,2-7H2,1H3,(H,14,15)(H,16,17). The van der Waals surface area contributed by atoms with E-state index in [0.29, 0.717) is 24.8 Å². The van der Waals surface area contributed by atoms with Crippen LogP contribution in [0.15, 0.2) is 0 Å². The first-order valence-electron chi connectivity index (χ1n) is 6.61. The average molecular weight is 239 g/mol. The van der Waals surface area contributed by atoms with Crippen LogP contribution in [0.5, 0.6) is 0 Å². The van der Waals surface area contributed by atoms with Crippen LogP contribution in [0.4, 0.5) is 0 Å². The maximum atomic E-state index is 12.0. The molecule has 2 N–H and O–H groups in total. The molecule has 0 bridgehead atoms. The Kier molecular flexibility index (Phi) is 3.69. The fourth-order valence-electron chi connectivity index (χ4n) is 3.10. The maximum absolute atomic E-state index is 12.0. The Hall–Kier alpha value is -1.06. The minimum Gasteiger partial charge on any atom is -0.481 e. The van der Waals surface area contributed by atoms with Crippen LogP contribution < -0.4 is 5.32 Å². The summed E-state index contributed by atoms with van der Waals surface area (Å²) >= 11 is 0. The number of hydrogen-bond acceptors (Lipinski definition) is 2. The van der Waals surface area contributed by atoms with Gasteiger partial charge in [-0.2, -0.15) is 0 Å². The first-order valence-corrected chi connectivity index (χ1v) is 6.61. The summed E-state index contributed by atoms with van der Waals surface area (Å²) in [6.07, 6.45) is 5.34. The van der Waals surface area contributed by atoms with Crippen LogP contribution >= 0.6 is 0 Å². The van der Waals surface area contributed by atoms with E-state index in [2.05, 4.69) is 12.2 Å². The minimum absolute atomic E-state index is 0.0764. The molecule has 2 rings (SSSR count). The van der Waals surface area contributed by atoms with E-state index in [1.165, 1.54) is 12.8 Å². The summed E-state index contributed by atoms with van der Waals surface area (Å²) in [6.45, 7) is 2.17. The molecule has 0 aromatic rings. The molecule has 2 aliphatic rings. The lowest BCUT2D eigenvalue weighted by Crippen LogP contribution is -2.39. The molecule has 0 spiro atoms. The highest BCUT2D eigenvalue weighted by Gasteiger charge is 2.35. The predicted octanol–water partition coefficient (Wildman–Crippen LogP) is 1.79. The Balaban J connectivity index is 1.83. The van der Waals surface area contributed by atoms with E-state index in [1.807, 2.05) is 0 Å². The van der Waals surface area contributed by atoms with Crippen molar-refractivity contribution in [1.82, 2.24) is 5.32 Å². The van der Waals surface area contributed by atoms with Crippen molar-refractivity contribution in [1.29, 1.82) is 0 Å². The highest BCUT2D eigenvalue weighted by atomic mass is 16.4. The van der Waals surface area contributed by atoms with Gasteiger partial charge in [-0.15, -0.1) is 0 Å². The molecule has 96 valence electrons. The van der Waals surface area contributed by atoms with Crippen molar-refractivity contribution >= 4 is 11.9 Å². The number of aliphatic carboxylic acids is 1. The van der Waals surface area contributed by atoms with Gasteiger partial charge in [-0.25, -0.2) is 0 Å². The molecule has 2 fully saturated rings. The Bertz CT molecular complexity index is 316. The Morgan fingerprint density at radius 1 is 1.12 bits per heavy atom. The first kappa shape index (κ1) is 12.4. The number of carbonyl (C=O) groups is 2. The highest BCUT2D eigenvalue weighted by molar-refractivity contribution is 5.81. The smallest absolute Gasteiger partial charge is 0.306 e. The number of amides is 1. The van der Waals surface area contributed by atoms with Gasteiger partial charge in [0.1, 0.15) is 0 Å². The predicted molar refractivity (Wildman–Crippen MR) is 63.4 cm³/mol. The molecule has 4 heteroatoms. The third kappa shape index (κ3) is 2.79. The van der Waals surface area contributed by atoms with Gasteiger partial charge >= 0.3 is 5.97 Å². The minimum atomic E-state index is -0.755. The topological polar surface area (TPSA) is 66.4 Å². The summed E-state index contributed by atoms with van der Waals surface area (Å²) < 4.78 is 0. The van der Waals surface area contributed by atoms with Gasteiger partial charge in [-0.05, 0) is 38.0 Å². The summed E-state index contributed by atoms with van der Waals surface area (Å²) in [6, 6.07) is 0.311. The van der Waals surface area contributed by atoms with Crippen LogP contribution in [0, 0.1) is 17.8 Å². The normalized spacial score (nSPS) is 37.0. The van der Waals surface area contributed by atoms with Crippen molar-refractivity contribution in [2.45, 2.75) is 51.5 Å². The van der Waals surface area contributed by atoms with Crippen molar-refractivity contribution in [3.05, 3.63) is 0 Å². The zero-order chi connectivity index (χ0) is 12.4. The molecule has 2 saturated carbocycles. The van der Waals surface area contributed by atoms with Crippen LogP contribution in [-0.2, 0) is 9.59 Å². The zero-order valence-electron chi connectivity index (χ0n) is 10.3. The summed E-state index contributed by atoms with van der Waals surface area (Å²) in [5.41, 5.74) is 0. The van der Waals surface area contributed by atoms with Crippen LogP contribution in [0.3, 0.4) is 0 Å². The maximum Gasteiger partial charge on any atom is 0.306 e. The molecule has 0 radical (unpaired) electrons. The summed E-state index contributed by atoms with van der Waals surface area (Å²) in [7, 11) is 0. The quantitative estimate of drug-likeness (QED) is 0.789. The molecular weight excluding hydrogens is 218 g/mol. The number of hydrogen-bond donors (Lipinski definition) is 2. The summed E-state index contributed by atoms with van der Waals surface area (Å²) in [5.74, 6) is -0.506. The lowest BCUT2D eigenvalue weighted by atomic mass is 10.0. The largest absolute Gasteiger partial charge is 0.481 e. The van der Waals surface area contributed by atoms with E-state index in [0.717, 1.165) is 12.8 Å². The Labute approximate surface area is 102 Å². The van der Waals surface area contributed by atoms with Crippen molar-refractivity contribution in [2.75, 3.05) is 0 Å². The number of carboxylic acids is 1. The number of carboxylic acid groups (broad SMARTS) is 1.